The van der Waals surface area contributed by atoms with Crippen LogP contribution in [0.1, 0.15) is 38.5 Å². The number of nitrogens with zero attached hydrogens (tertiary/aromatic N) is 1. The van der Waals surface area contributed by atoms with Gasteiger partial charge in [0.1, 0.15) is 11.4 Å². The van der Waals surface area contributed by atoms with Gasteiger partial charge in [-0.25, -0.2) is 0 Å². The summed E-state index contributed by atoms with van der Waals surface area (Å²) in [6.07, 6.45) is 6.94. The predicted octanol–water partition coefficient (Wildman–Crippen LogP) is 3.44. The molecular formula is C13H18N2O3. The molecule has 1 aliphatic rings. The molecule has 5 heteroatoms. The Morgan fingerprint density at radius 1 is 1.22 bits per heavy atom. The van der Waals surface area contributed by atoms with Crippen molar-refractivity contribution in [2.24, 2.45) is 0 Å². The van der Waals surface area contributed by atoms with Crippen LogP contribution in [0.25, 0.3) is 0 Å². The van der Waals surface area contributed by atoms with Crippen molar-refractivity contribution in [3.63, 3.8) is 0 Å². The summed E-state index contributed by atoms with van der Waals surface area (Å²) in [6.45, 7) is 0. The fraction of sp³-hybridized carbons (Fsp3) is 0.538. The molecule has 1 aromatic carbocycles. The van der Waals surface area contributed by atoms with E-state index < -0.39 is 4.92 Å². The summed E-state index contributed by atoms with van der Waals surface area (Å²) in [6, 6.07) is 4.56. The normalized spacial score (nSPS) is 17.1. The fourth-order valence-corrected chi connectivity index (χ4v) is 2.44. The number of nitrogens with one attached hydrogen (secondary N) is 1. The number of aromatic hydroxyl groups is 1. The highest BCUT2D eigenvalue weighted by Crippen LogP contribution is 2.30. The summed E-state index contributed by atoms with van der Waals surface area (Å²) in [5.41, 5.74) is 0.448. The second-order valence-corrected chi connectivity index (χ2v) is 4.79. The Bertz CT molecular complexity index is 426. The molecule has 0 radical (unpaired) electrons. The molecule has 0 amide bonds. The van der Waals surface area contributed by atoms with Crippen LogP contribution >= 0.6 is 0 Å². The first-order valence-corrected chi connectivity index (χ1v) is 6.41. The van der Waals surface area contributed by atoms with Gasteiger partial charge in [0.25, 0.3) is 5.69 Å². The maximum absolute atomic E-state index is 10.9. The lowest BCUT2D eigenvalue weighted by atomic mass is 10.1. The predicted molar refractivity (Wildman–Crippen MR) is 69.9 cm³/mol. The van der Waals surface area contributed by atoms with Crippen molar-refractivity contribution in [3.8, 4) is 5.75 Å². The topological polar surface area (TPSA) is 75.4 Å². The number of phenolic OH excluding ortho intramolecular Hbond substituents is 1. The zero-order chi connectivity index (χ0) is 13.0. The summed E-state index contributed by atoms with van der Waals surface area (Å²) in [5.74, 6) is -0.0758. The van der Waals surface area contributed by atoms with E-state index in [1.54, 1.807) is 6.07 Å². The average Bonchev–Trinajstić information content (AvgIpc) is 2.60. The Morgan fingerprint density at radius 3 is 2.50 bits per heavy atom. The van der Waals surface area contributed by atoms with E-state index in [0.717, 1.165) is 12.8 Å². The SMILES string of the molecule is O=[N+]([O-])c1cc(O)ccc1NC1CCCCCC1. The summed E-state index contributed by atoms with van der Waals surface area (Å²) < 4.78 is 0. The standard InChI is InChI=1S/C13H18N2O3/c16-11-7-8-12(13(9-11)15(17)18)14-10-5-3-1-2-4-6-10/h7-10,14,16H,1-6H2. The molecule has 98 valence electrons. The van der Waals surface area contributed by atoms with Gasteiger partial charge in [0.15, 0.2) is 0 Å². The number of nitro benzene ring substituents is 1. The first-order chi connectivity index (χ1) is 8.66. The highest BCUT2D eigenvalue weighted by Gasteiger charge is 2.18. The minimum absolute atomic E-state index is 0.0563. The van der Waals surface area contributed by atoms with Gasteiger partial charge in [0.2, 0.25) is 0 Å². The van der Waals surface area contributed by atoms with E-state index in [1.165, 1.54) is 37.8 Å². The molecule has 0 unspecified atom stereocenters. The largest absolute Gasteiger partial charge is 0.508 e. The number of hydrogen-bond acceptors (Lipinski definition) is 4. The Kier molecular flexibility index (Phi) is 4.02. The van der Waals surface area contributed by atoms with Gasteiger partial charge in [-0.1, -0.05) is 25.7 Å². The molecule has 5 nitrogen and oxygen atoms in total. The van der Waals surface area contributed by atoms with Crippen molar-refractivity contribution in [1.29, 1.82) is 0 Å². The number of anilines is 1. The van der Waals surface area contributed by atoms with Crippen LogP contribution in [0.15, 0.2) is 18.2 Å². The molecule has 18 heavy (non-hydrogen) atoms. The number of nitro groups is 1. The molecule has 0 aromatic heterocycles. The Labute approximate surface area is 106 Å². The lowest BCUT2D eigenvalue weighted by Crippen LogP contribution is -2.18. The maximum Gasteiger partial charge on any atom is 0.296 e. The molecule has 2 rings (SSSR count). The van der Waals surface area contributed by atoms with Crippen molar-refractivity contribution in [1.82, 2.24) is 0 Å². The van der Waals surface area contributed by atoms with Gasteiger partial charge in [-0.15, -0.1) is 0 Å². The van der Waals surface area contributed by atoms with Crippen LogP contribution in [-0.4, -0.2) is 16.1 Å². The smallest absolute Gasteiger partial charge is 0.296 e. The highest BCUT2D eigenvalue weighted by molar-refractivity contribution is 5.64. The zero-order valence-corrected chi connectivity index (χ0v) is 10.3. The van der Waals surface area contributed by atoms with E-state index in [1.807, 2.05) is 0 Å². The van der Waals surface area contributed by atoms with E-state index >= 15 is 0 Å². The van der Waals surface area contributed by atoms with Crippen LogP contribution in [0.3, 0.4) is 0 Å². The van der Waals surface area contributed by atoms with Crippen LogP contribution in [-0.2, 0) is 0 Å². The van der Waals surface area contributed by atoms with E-state index in [9.17, 15) is 15.2 Å². The van der Waals surface area contributed by atoms with Crippen LogP contribution in [0.2, 0.25) is 0 Å². The molecule has 0 bridgehead atoms. The van der Waals surface area contributed by atoms with Crippen LogP contribution < -0.4 is 5.32 Å². The third-order valence-corrected chi connectivity index (χ3v) is 3.39. The van der Waals surface area contributed by atoms with Crippen molar-refractivity contribution in [3.05, 3.63) is 28.3 Å². The van der Waals surface area contributed by atoms with Gasteiger partial charge < -0.3 is 10.4 Å². The lowest BCUT2D eigenvalue weighted by molar-refractivity contribution is -0.384. The second kappa shape index (κ2) is 5.71. The second-order valence-electron chi connectivity index (χ2n) is 4.79. The zero-order valence-electron chi connectivity index (χ0n) is 10.3. The first-order valence-electron chi connectivity index (χ1n) is 6.41. The van der Waals surface area contributed by atoms with Crippen molar-refractivity contribution < 1.29 is 10.0 Å². The number of phenols is 1. The number of hydrogen-bond donors (Lipinski definition) is 2. The third kappa shape index (κ3) is 3.12. The molecular weight excluding hydrogens is 232 g/mol. The Balaban J connectivity index is 2.14. The van der Waals surface area contributed by atoms with Crippen molar-refractivity contribution >= 4 is 11.4 Å². The molecule has 0 saturated heterocycles. The summed E-state index contributed by atoms with van der Waals surface area (Å²) in [4.78, 5) is 10.5. The van der Waals surface area contributed by atoms with Gasteiger partial charge in [-0.3, -0.25) is 10.1 Å². The van der Waals surface area contributed by atoms with E-state index in [4.69, 9.17) is 0 Å². The van der Waals surface area contributed by atoms with E-state index in [2.05, 4.69) is 5.32 Å². The van der Waals surface area contributed by atoms with Crippen LogP contribution in [0.5, 0.6) is 5.75 Å². The summed E-state index contributed by atoms with van der Waals surface area (Å²) in [5, 5.41) is 23.5. The maximum atomic E-state index is 10.9. The lowest BCUT2D eigenvalue weighted by Gasteiger charge is -2.17. The van der Waals surface area contributed by atoms with Crippen molar-refractivity contribution in [2.45, 2.75) is 44.6 Å². The molecule has 1 aromatic rings. The molecule has 1 fully saturated rings. The minimum Gasteiger partial charge on any atom is -0.508 e. The third-order valence-electron chi connectivity index (χ3n) is 3.39. The van der Waals surface area contributed by atoms with E-state index in [-0.39, 0.29) is 11.4 Å². The molecule has 0 aliphatic heterocycles. The fourth-order valence-electron chi connectivity index (χ4n) is 2.44. The monoisotopic (exact) mass is 250 g/mol. The quantitative estimate of drug-likeness (QED) is 0.373. The highest BCUT2D eigenvalue weighted by atomic mass is 16.6. The average molecular weight is 250 g/mol. The molecule has 2 N–H and O–H groups in total. The Hall–Kier alpha value is -1.78. The molecule has 1 aliphatic carbocycles. The van der Waals surface area contributed by atoms with Gasteiger partial charge in [-0.2, -0.15) is 0 Å². The Morgan fingerprint density at radius 2 is 1.89 bits per heavy atom. The van der Waals surface area contributed by atoms with Gasteiger partial charge in [-0.05, 0) is 25.0 Å². The molecule has 0 spiro atoms. The van der Waals surface area contributed by atoms with Gasteiger partial charge in [0, 0.05) is 6.04 Å². The molecule has 1 saturated carbocycles. The summed E-state index contributed by atoms with van der Waals surface area (Å²) >= 11 is 0. The summed E-state index contributed by atoms with van der Waals surface area (Å²) in [7, 11) is 0. The number of rotatable bonds is 3. The first kappa shape index (κ1) is 12.7. The van der Waals surface area contributed by atoms with Crippen molar-refractivity contribution in [2.75, 3.05) is 5.32 Å². The van der Waals surface area contributed by atoms with Crippen LogP contribution in [0.4, 0.5) is 11.4 Å². The van der Waals surface area contributed by atoms with Gasteiger partial charge >= 0.3 is 0 Å². The molecule has 0 atom stereocenters. The minimum atomic E-state index is -0.460. The van der Waals surface area contributed by atoms with E-state index in [0.29, 0.717) is 11.7 Å². The number of benzene rings is 1. The van der Waals surface area contributed by atoms with Gasteiger partial charge in [0.05, 0.1) is 11.0 Å². The van der Waals surface area contributed by atoms with Crippen LogP contribution in [0, 0.1) is 10.1 Å². The molecule has 0 heterocycles.